The molecular weight excluding hydrogens is 295 g/mol. The van der Waals surface area contributed by atoms with E-state index in [0.29, 0.717) is 13.0 Å². The van der Waals surface area contributed by atoms with Gasteiger partial charge in [-0.2, -0.15) is 5.10 Å². The van der Waals surface area contributed by atoms with Crippen molar-refractivity contribution in [3.8, 4) is 0 Å². The first-order valence-corrected chi connectivity index (χ1v) is 8.09. The van der Waals surface area contributed by atoms with E-state index in [9.17, 15) is 4.39 Å². The molecule has 0 saturated carbocycles. The summed E-state index contributed by atoms with van der Waals surface area (Å²) in [7, 11) is 1.65. The monoisotopic (exact) mass is 318 g/mol. The molecule has 1 aliphatic rings. The van der Waals surface area contributed by atoms with Gasteiger partial charge in [0.05, 0.1) is 6.04 Å². The Balaban J connectivity index is 1.68. The highest BCUT2D eigenvalue weighted by atomic mass is 19.1. The number of ether oxygens (including phenoxy) is 1. The van der Waals surface area contributed by atoms with E-state index in [1.165, 1.54) is 6.07 Å². The maximum absolute atomic E-state index is 13.8. The Hall–Kier alpha value is -1.79. The van der Waals surface area contributed by atoms with Crippen LogP contribution in [0.5, 0.6) is 0 Å². The molecule has 1 aromatic carbocycles. The maximum Gasteiger partial charge on any atom is 0.176 e. The van der Waals surface area contributed by atoms with Crippen LogP contribution in [0.4, 0.5) is 4.39 Å². The molecule has 2 atom stereocenters. The van der Waals surface area contributed by atoms with Gasteiger partial charge in [0.25, 0.3) is 0 Å². The molecule has 0 radical (unpaired) electrons. The highest BCUT2D eigenvalue weighted by molar-refractivity contribution is 5.18. The number of rotatable bonds is 6. The molecule has 1 aromatic heterocycles. The molecule has 2 heterocycles. The zero-order valence-electron chi connectivity index (χ0n) is 13.6. The third kappa shape index (κ3) is 3.76. The van der Waals surface area contributed by atoms with Crippen molar-refractivity contribution in [2.24, 2.45) is 0 Å². The number of aromatic nitrogens is 3. The fourth-order valence-electron chi connectivity index (χ4n) is 3.14. The van der Waals surface area contributed by atoms with Gasteiger partial charge in [0.1, 0.15) is 18.2 Å². The Bertz CT molecular complexity index is 658. The number of benzene rings is 1. The van der Waals surface area contributed by atoms with Crippen molar-refractivity contribution in [3.05, 3.63) is 47.3 Å². The van der Waals surface area contributed by atoms with Crippen LogP contribution in [0.15, 0.2) is 24.3 Å². The second-order valence-corrected chi connectivity index (χ2v) is 6.10. The minimum atomic E-state index is -0.143. The lowest BCUT2D eigenvalue weighted by molar-refractivity contribution is 0.177. The number of hydrogen-bond donors (Lipinski definition) is 1. The van der Waals surface area contributed by atoms with E-state index in [4.69, 9.17) is 4.74 Å². The molecule has 6 heteroatoms. The predicted molar refractivity (Wildman–Crippen MR) is 85.4 cm³/mol. The summed E-state index contributed by atoms with van der Waals surface area (Å²) < 4.78 is 20.9. The molecule has 0 saturated heterocycles. The molecule has 0 unspecified atom stereocenters. The van der Waals surface area contributed by atoms with Gasteiger partial charge in [-0.05, 0) is 37.8 Å². The van der Waals surface area contributed by atoms with Crippen LogP contribution in [0.1, 0.15) is 43.0 Å². The van der Waals surface area contributed by atoms with Gasteiger partial charge in [0.15, 0.2) is 5.82 Å². The standard InChI is InChI=1S/C17H23FN4O/c1-12(10-13-6-3-4-7-14(13)18)19-15-8-5-9-22-17(15)20-16(21-22)11-23-2/h3-4,6-7,12,15,19H,5,8-11H2,1-2H3/t12-,15+/m0/s1. The van der Waals surface area contributed by atoms with Crippen molar-refractivity contribution >= 4 is 0 Å². The molecule has 2 aromatic rings. The molecule has 3 rings (SSSR count). The Kier molecular flexibility index (Phi) is 5.03. The number of halogens is 1. The lowest BCUT2D eigenvalue weighted by atomic mass is 10.0. The maximum atomic E-state index is 13.8. The molecule has 5 nitrogen and oxygen atoms in total. The van der Waals surface area contributed by atoms with Gasteiger partial charge in [-0.1, -0.05) is 18.2 Å². The fourth-order valence-corrected chi connectivity index (χ4v) is 3.14. The Morgan fingerprint density at radius 3 is 3.04 bits per heavy atom. The minimum Gasteiger partial charge on any atom is -0.377 e. The van der Waals surface area contributed by atoms with E-state index < -0.39 is 0 Å². The summed E-state index contributed by atoms with van der Waals surface area (Å²) in [6.45, 7) is 3.40. The van der Waals surface area contributed by atoms with Gasteiger partial charge in [0, 0.05) is 19.7 Å². The molecule has 0 bridgehead atoms. The number of methoxy groups -OCH3 is 1. The molecule has 124 valence electrons. The summed E-state index contributed by atoms with van der Waals surface area (Å²) in [6, 6.07) is 7.26. The van der Waals surface area contributed by atoms with Crippen LogP contribution in [0.25, 0.3) is 0 Å². The SMILES string of the molecule is COCc1nc2n(n1)CCC[C@H]2N[C@@H](C)Cc1ccccc1F. The number of fused-ring (bicyclic) bond motifs is 1. The van der Waals surface area contributed by atoms with Crippen molar-refractivity contribution in [1.82, 2.24) is 20.1 Å². The fraction of sp³-hybridized carbons (Fsp3) is 0.529. The van der Waals surface area contributed by atoms with Crippen molar-refractivity contribution < 1.29 is 9.13 Å². The largest absolute Gasteiger partial charge is 0.377 e. The molecule has 1 aliphatic heterocycles. The van der Waals surface area contributed by atoms with Crippen LogP contribution in [0.3, 0.4) is 0 Å². The molecule has 0 aliphatic carbocycles. The predicted octanol–water partition coefficient (Wildman–Crippen LogP) is 2.62. The Morgan fingerprint density at radius 2 is 2.26 bits per heavy atom. The molecule has 1 N–H and O–H groups in total. The third-order valence-corrected chi connectivity index (χ3v) is 4.16. The topological polar surface area (TPSA) is 52.0 Å². The number of nitrogens with one attached hydrogen (secondary N) is 1. The van der Waals surface area contributed by atoms with Crippen LogP contribution in [0.2, 0.25) is 0 Å². The summed E-state index contributed by atoms with van der Waals surface area (Å²) in [4.78, 5) is 4.59. The van der Waals surface area contributed by atoms with Gasteiger partial charge < -0.3 is 10.1 Å². The second kappa shape index (κ2) is 7.19. The Morgan fingerprint density at radius 1 is 1.43 bits per heavy atom. The summed E-state index contributed by atoms with van der Waals surface area (Å²) in [5.41, 5.74) is 0.741. The lowest BCUT2D eigenvalue weighted by Crippen LogP contribution is -2.36. The average Bonchev–Trinajstić information content (AvgIpc) is 2.94. The van der Waals surface area contributed by atoms with E-state index in [1.807, 2.05) is 16.8 Å². The van der Waals surface area contributed by atoms with Gasteiger partial charge in [-0.15, -0.1) is 0 Å². The van der Waals surface area contributed by atoms with Crippen LogP contribution >= 0.6 is 0 Å². The van der Waals surface area contributed by atoms with Gasteiger partial charge >= 0.3 is 0 Å². The first kappa shape index (κ1) is 16.1. The zero-order chi connectivity index (χ0) is 16.2. The average molecular weight is 318 g/mol. The summed E-state index contributed by atoms with van der Waals surface area (Å²) in [6.07, 6.45) is 2.74. The van der Waals surface area contributed by atoms with Crippen molar-refractivity contribution in [2.45, 2.75) is 51.4 Å². The smallest absolute Gasteiger partial charge is 0.176 e. The molecular formula is C17H23FN4O. The van der Waals surface area contributed by atoms with Crippen molar-refractivity contribution in [3.63, 3.8) is 0 Å². The Labute approximate surface area is 135 Å². The second-order valence-electron chi connectivity index (χ2n) is 6.10. The molecule has 0 spiro atoms. The zero-order valence-corrected chi connectivity index (χ0v) is 13.6. The normalized spacial score (nSPS) is 18.7. The first-order valence-electron chi connectivity index (χ1n) is 8.09. The first-order chi connectivity index (χ1) is 11.2. The van der Waals surface area contributed by atoms with Crippen molar-refractivity contribution in [1.29, 1.82) is 0 Å². The summed E-state index contributed by atoms with van der Waals surface area (Å²) >= 11 is 0. The highest BCUT2D eigenvalue weighted by Crippen LogP contribution is 2.24. The molecule has 0 fully saturated rings. The van der Waals surface area contributed by atoms with Gasteiger partial charge in [-0.3, -0.25) is 0 Å². The third-order valence-electron chi connectivity index (χ3n) is 4.16. The van der Waals surface area contributed by atoms with E-state index in [-0.39, 0.29) is 17.9 Å². The molecule has 0 amide bonds. The van der Waals surface area contributed by atoms with E-state index in [0.717, 1.165) is 36.6 Å². The van der Waals surface area contributed by atoms with Crippen LogP contribution in [-0.4, -0.2) is 27.9 Å². The number of hydrogen-bond acceptors (Lipinski definition) is 4. The van der Waals surface area contributed by atoms with Crippen molar-refractivity contribution in [2.75, 3.05) is 7.11 Å². The number of nitrogens with zero attached hydrogens (tertiary/aromatic N) is 3. The highest BCUT2D eigenvalue weighted by Gasteiger charge is 2.25. The lowest BCUT2D eigenvalue weighted by Gasteiger charge is -2.26. The van der Waals surface area contributed by atoms with E-state index in [1.54, 1.807) is 13.2 Å². The van der Waals surface area contributed by atoms with E-state index in [2.05, 4.69) is 22.3 Å². The number of aryl methyl sites for hydroxylation is 1. The van der Waals surface area contributed by atoms with Gasteiger partial charge in [-0.25, -0.2) is 14.1 Å². The summed E-state index contributed by atoms with van der Waals surface area (Å²) in [5.74, 6) is 1.54. The van der Waals surface area contributed by atoms with Crippen LogP contribution in [-0.2, 0) is 24.3 Å². The summed E-state index contributed by atoms with van der Waals surface area (Å²) in [5, 5.41) is 8.05. The van der Waals surface area contributed by atoms with Gasteiger partial charge in [0.2, 0.25) is 0 Å². The van der Waals surface area contributed by atoms with Crippen LogP contribution < -0.4 is 5.32 Å². The van der Waals surface area contributed by atoms with E-state index >= 15 is 0 Å². The van der Waals surface area contributed by atoms with Crippen LogP contribution in [0, 0.1) is 5.82 Å². The quantitative estimate of drug-likeness (QED) is 0.889. The molecule has 23 heavy (non-hydrogen) atoms. The minimum absolute atomic E-state index is 0.143.